The number of aromatic hydroxyl groups is 1. The van der Waals surface area contributed by atoms with Crippen LogP contribution in [0, 0.1) is 22.5 Å². The van der Waals surface area contributed by atoms with E-state index in [4.69, 9.17) is 6.42 Å². The van der Waals surface area contributed by atoms with Crippen molar-refractivity contribution in [1.82, 2.24) is 4.90 Å². The van der Waals surface area contributed by atoms with Crippen LogP contribution >= 0.6 is 0 Å². The number of para-hydroxylation sites is 1. The quantitative estimate of drug-likeness (QED) is 0.498. The van der Waals surface area contributed by atoms with Crippen LogP contribution in [0.4, 0.5) is 5.69 Å². The monoisotopic (exact) mass is 262 g/mol. The normalized spacial score (nSPS) is 9.68. The predicted molar refractivity (Wildman–Crippen MR) is 69.8 cm³/mol. The van der Waals surface area contributed by atoms with Gasteiger partial charge in [0.25, 0.3) is 5.91 Å². The third kappa shape index (κ3) is 3.22. The van der Waals surface area contributed by atoms with Crippen LogP contribution < -0.4 is 0 Å². The summed E-state index contributed by atoms with van der Waals surface area (Å²) in [7, 11) is 0. The third-order valence-corrected chi connectivity index (χ3v) is 2.50. The number of benzene rings is 1. The molecule has 1 N–H and O–H groups in total. The van der Waals surface area contributed by atoms with Crippen LogP contribution in [-0.2, 0) is 0 Å². The SMILES string of the molecule is C#CCN(CCC)C(=O)c1cccc([N+](=O)[O-])c1O. The van der Waals surface area contributed by atoms with Crippen molar-refractivity contribution in [3.8, 4) is 18.1 Å². The van der Waals surface area contributed by atoms with Crippen LogP contribution in [0.15, 0.2) is 18.2 Å². The van der Waals surface area contributed by atoms with Gasteiger partial charge >= 0.3 is 5.69 Å². The lowest BCUT2D eigenvalue weighted by Crippen LogP contribution is -2.32. The molecule has 1 aromatic carbocycles. The highest BCUT2D eigenvalue weighted by atomic mass is 16.6. The van der Waals surface area contributed by atoms with E-state index in [2.05, 4.69) is 5.92 Å². The number of nitro benzene ring substituents is 1. The van der Waals surface area contributed by atoms with Gasteiger partial charge in [-0.15, -0.1) is 6.42 Å². The van der Waals surface area contributed by atoms with Crippen LogP contribution in [0.25, 0.3) is 0 Å². The molecular formula is C13H14N2O4. The number of hydrogen-bond acceptors (Lipinski definition) is 4. The number of amides is 1. The molecule has 19 heavy (non-hydrogen) atoms. The fourth-order valence-corrected chi connectivity index (χ4v) is 1.65. The number of rotatable bonds is 5. The Morgan fingerprint density at radius 3 is 2.79 bits per heavy atom. The number of nitrogens with zero attached hydrogens (tertiary/aromatic N) is 2. The zero-order valence-corrected chi connectivity index (χ0v) is 10.5. The Bertz CT molecular complexity index is 534. The molecule has 6 nitrogen and oxygen atoms in total. The fourth-order valence-electron chi connectivity index (χ4n) is 1.65. The highest BCUT2D eigenvalue weighted by Crippen LogP contribution is 2.30. The minimum atomic E-state index is -0.739. The molecule has 0 aliphatic rings. The van der Waals surface area contributed by atoms with Crippen molar-refractivity contribution >= 4 is 11.6 Å². The first-order valence-electron chi connectivity index (χ1n) is 5.72. The maximum atomic E-state index is 12.2. The van der Waals surface area contributed by atoms with Gasteiger partial charge in [0.05, 0.1) is 17.0 Å². The summed E-state index contributed by atoms with van der Waals surface area (Å²) in [6, 6.07) is 3.83. The van der Waals surface area contributed by atoms with Gasteiger partial charge in [-0.2, -0.15) is 0 Å². The number of carbonyl (C=O) groups excluding carboxylic acids is 1. The summed E-state index contributed by atoms with van der Waals surface area (Å²) in [4.78, 5) is 23.5. The van der Waals surface area contributed by atoms with Crippen LogP contribution in [0.2, 0.25) is 0 Å². The van der Waals surface area contributed by atoms with E-state index in [1.807, 2.05) is 6.92 Å². The molecule has 0 aliphatic carbocycles. The van der Waals surface area contributed by atoms with E-state index < -0.39 is 22.3 Å². The molecule has 0 saturated carbocycles. The van der Waals surface area contributed by atoms with E-state index in [-0.39, 0.29) is 12.1 Å². The summed E-state index contributed by atoms with van der Waals surface area (Å²) in [5, 5.41) is 20.5. The molecule has 1 amide bonds. The summed E-state index contributed by atoms with van der Waals surface area (Å²) in [5.41, 5.74) is -0.610. The molecule has 0 saturated heterocycles. The van der Waals surface area contributed by atoms with Crippen LogP contribution in [0.5, 0.6) is 5.75 Å². The predicted octanol–water partition coefficient (Wildman–Crippen LogP) is 1.79. The zero-order chi connectivity index (χ0) is 14.4. The number of carbonyl (C=O) groups is 1. The molecule has 1 aromatic rings. The molecular weight excluding hydrogens is 248 g/mol. The summed E-state index contributed by atoms with van der Waals surface area (Å²) in [6.45, 7) is 2.39. The summed E-state index contributed by atoms with van der Waals surface area (Å²) in [5.74, 6) is 1.21. The van der Waals surface area contributed by atoms with Crippen molar-refractivity contribution in [2.24, 2.45) is 0 Å². The van der Waals surface area contributed by atoms with Crippen LogP contribution in [0.3, 0.4) is 0 Å². The average molecular weight is 262 g/mol. The Morgan fingerprint density at radius 2 is 2.26 bits per heavy atom. The lowest BCUT2D eigenvalue weighted by atomic mass is 10.1. The molecule has 0 bridgehead atoms. The van der Waals surface area contributed by atoms with Crippen molar-refractivity contribution < 1.29 is 14.8 Å². The second-order valence-electron chi connectivity index (χ2n) is 3.86. The number of hydrogen-bond donors (Lipinski definition) is 1. The Labute approximate surface area is 110 Å². The molecule has 1 rings (SSSR count). The van der Waals surface area contributed by atoms with Gasteiger partial charge in [-0.3, -0.25) is 14.9 Å². The van der Waals surface area contributed by atoms with Crippen molar-refractivity contribution in [3.05, 3.63) is 33.9 Å². The largest absolute Gasteiger partial charge is 0.502 e. The highest BCUT2D eigenvalue weighted by molar-refractivity contribution is 5.98. The van der Waals surface area contributed by atoms with E-state index in [0.29, 0.717) is 13.0 Å². The van der Waals surface area contributed by atoms with E-state index in [1.54, 1.807) is 0 Å². The Morgan fingerprint density at radius 1 is 1.58 bits per heavy atom. The Hall–Kier alpha value is -2.55. The van der Waals surface area contributed by atoms with E-state index in [0.717, 1.165) is 6.07 Å². The number of phenols is 1. The van der Waals surface area contributed by atoms with Gasteiger partial charge < -0.3 is 10.0 Å². The molecule has 0 heterocycles. The Kier molecular flexibility index (Phi) is 4.89. The van der Waals surface area contributed by atoms with Crippen molar-refractivity contribution in [3.63, 3.8) is 0 Å². The average Bonchev–Trinajstić information content (AvgIpc) is 2.37. The van der Waals surface area contributed by atoms with Gasteiger partial charge in [-0.05, 0) is 12.5 Å². The van der Waals surface area contributed by atoms with Gasteiger partial charge in [0, 0.05) is 12.6 Å². The lowest BCUT2D eigenvalue weighted by Gasteiger charge is -2.19. The molecule has 100 valence electrons. The first-order chi connectivity index (χ1) is 9.02. The van der Waals surface area contributed by atoms with E-state index in [1.165, 1.54) is 17.0 Å². The first kappa shape index (κ1) is 14.5. The third-order valence-electron chi connectivity index (χ3n) is 2.50. The standard InChI is InChI=1S/C13H14N2O4/c1-3-8-14(9-4-2)13(17)10-6-5-7-11(12(10)16)15(18)19/h1,5-7,16H,4,8-9H2,2H3. The summed E-state index contributed by atoms with van der Waals surface area (Å²) < 4.78 is 0. The summed E-state index contributed by atoms with van der Waals surface area (Å²) in [6.07, 6.45) is 5.87. The first-order valence-corrected chi connectivity index (χ1v) is 5.72. The fraction of sp³-hybridized carbons (Fsp3) is 0.308. The number of terminal acetylenes is 1. The molecule has 0 spiro atoms. The zero-order valence-electron chi connectivity index (χ0n) is 10.5. The molecule has 0 atom stereocenters. The van der Waals surface area contributed by atoms with Gasteiger partial charge in [0.1, 0.15) is 0 Å². The molecule has 6 heteroatoms. The van der Waals surface area contributed by atoms with E-state index >= 15 is 0 Å². The number of phenolic OH excluding ortho intramolecular Hbond substituents is 1. The van der Waals surface area contributed by atoms with Crippen LogP contribution in [0.1, 0.15) is 23.7 Å². The van der Waals surface area contributed by atoms with Gasteiger partial charge in [-0.1, -0.05) is 18.9 Å². The number of nitro groups is 1. The second kappa shape index (κ2) is 6.40. The maximum absolute atomic E-state index is 12.2. The van der Waals surface area contributed by atoms with Crippen molar-refractivity contribution in [1.29, 1.82) is 0 Å². The molecule has 0 radical (unpaired) electrons. The van der Waals surface area contributed by atoms with Gasteiger partial charge in [0.2, 0.25) is 5.75 Å². The topological polar surface area (TPSA) is 83.7 Å². The van der Waals surface area contributed by atoms with E-state index in [9.17, 15) is 20.0 Å². The van der Waals surface area contributed by atoms with Crippen molar-refractivity contribution in [2.45, 2.75) is 13.3 Å². The minimum absolute atomic E-state index is 0.0921. The second-order valence-corrected chi connectivity index (χ2v) is 3.86. The molecule has 0 unspecified atom stereocenters. The van der Waals surface area contributed by atoms with Crippen LogP contribution in [-0.4, -0.2) is 33.9 Å². The minimum Gasteiger partial charge on any atom is -0.502 e. The maximum Gasteiger partial charge on any atom is 0.311 e. The molecule has 0 aromatic heterocycles. The summed E-state index contributed by atoms with van der Waals surface area (Å²) >= 11 is 0. The highest BCUT2D eigenvalue weighted by Gasteiger charge is 2.23. The molecule has 0 aliphatic heterocycles. The lowest BCUT2D eigenvalue weighted by molar-refractivity contribution is -0.385. The van der Waals surface area contributed by atoms with Gasteiger partial charge in [-0.25, -0.2) is 0 Å². The Balaban J connectivity index is 3.15. The molecule has 0 fully saturated rings. The van der Waals surface area contributed by atoms with Crippen molar-refractivity contribution in [2.75, 3.05) is 13.1 Å². The smallest absolute Gasteiger partial charge is 0.311 e. The van der Waals surface area contributed by atoms with Gasteiger partial charge in [0.15, 0.2) is 0 Å².